The van der Waals surface area contributed by atoms with Gasteiger partial charge in [-0.15, -0.1) is 23.5 Å². The number of hydrogen-bond acceptors (Lipinski definition) is 6. The molecule has 0 N–H and O–H groups in total. The first-order chi connectivity index (χ1) is 13.6. The smallest absolute Gasteiger partial charge is 0.0307 e. The van der Waals surface area contributed by atoms with Crippen LogP contribution < -0.4 is 9.80 Å². The molecule has 151 valence electrons. The molecular weight excluding hydrogens is 541 g/mol. The van der Waals surface area contributed by atoms with Crippen molar-refractivity contribution in [1.29, 1.82) is 10.5 Å². The third-order valence-corrected chi connectivity index (χ3v) is 4.24. The number of benzene rings is 2. The fraction of sp³-hybridized carbons (Fsp3) is 0.182. The molecule has 0 aliphatic carbocycles. The Balaban J connectivity index is 0.000000200. The molecule has 2 aromatic carbocycles. The van der Waals surface area contributed by atoms with E-state index in [1.165, 1.54) is 0 Å². The minimum atomic E-state index is 0. The summed E-state index contributed by atoms with van der Waals surface area (Å²) in [5, 5.41) is 17.3. The molecule has 4 rings (SSSR count). The van der Waals surface area contributed by atoms with Gasteiger partial charge in [0, 0.05) is 32.2 Å². The predicted octanol–water partition coefficient (Wildman–Crippen LogP) is 2.93. The maximum Gasteiger partial charge on any atom is 0.0307 e. The molecule has 2 aliphatic heterocycles. The van der Waals surface area contributed by atoms with Gasteiger partial charge < -0.3 is 19.6 Å². The SMILES string of the molecule is CN1C=CN(c2[c-]cc(C#N)cc2)[CH-]1.CN1[CH-]N(c2[c-]cc(C#N)cc2)CC1.[Ir]. The summed E-state index contributed by atoms with van der Waals surface area (Å²) in [5.74, 6) is 0. The van der Waals surface area contributed by atoms with Gasteiger partial charge in [0.15, 0.2) is 0 Å². The van der Waals surface area contributed by atoms with E-state index >= 15 is 0 Å². The predicted molar refractivity (Wildman–Crippen MR) is 108 cm³/mol. The molecule has 7 heteroatoms. The van der Waals surface area contributed by atoms with E-state index in [2.05, 4.69) is 40.7 Å². The molecular formula is C22H20IrN6-4. The van der Waals surface area contributed by atoms with Crippen LogP contribution in [0, 0.1) is 48.1 Å². The summed E-state index contributed by atoms with van der Waals surface area (Å²) in [4.78, 5) is 8.15. The summed E-state index contributed by atoms with van der Waals surface area (Å²) in [6.07, 6.45) is 3.89. The Morgan fingerprint density at radius 2 is 1.48 bits per heavy atom. The molecule has 0 aromatic heterocycles. The van der Waals surface area contributed by atoms with Gasteiger partial charge in [0.25, 0.3) is 0 Å². The molecule has 0 bridgehead atoms. The summed E-state index contributed by atoms with van der Waals surface area (Å²) < 4.78 is 0. The Morgan fingerprint density at radius 1 is 0.862 bits per heavy atom. The molecule has 0 atom stereocenters. The summed E-state index contributed by atoms with van der Waals surface area (Å²) in [7, 11) is 4.00. The maximum atomic E-state index is 8.64. The van der Waals surface area contributed by atoms with Crippen molar-refractivity contribution in [3.05, 3.63) is 85.4 Å². The zero-order chi connectivity index (χ0) is 19.9. The van der Waals surface area contributed by atoms with E-state index in [-0.39, 0.29) is 20.1 Å². The monoisotopic (exact) mass is 561 g/mol. The second-order valence-corrected chi connectivity index (χ2v) is 6.42. The molecule has 0 unspecified atom stereocenters. The standard InChI is InChI=1S/C11H11N3.C11H9N3.Ir/c2*1-13-6-7-14(9-13)11-4-2-10(8-12)3-5-11;/h2-4,9H,6-7H2,1H3;2-4,6-7,9H,1H3;/q2*-2;. The van der Waals surface area contributed by atoms with Crippen LogP contribution in [0.4, 0.5) is 11.4 Å². The first-order valence-electron chi connectivity index (χ1n) is 8.78. The van der Waals surface area contributed by atoms with Gasteiger partial charge in [-0.2, -0.15) is 49.7 Å². The van der Waals surface area contributed by atoms with Gasteiger partial charge in [-0.3, -0.25) is 0 Å². The molecule has 0 saturated carbocycles. The molecule has 0 amide bonds. The van der Waals surface area contributed by atoms with E-state index in [1.807, 2.05) is 61.2 Å². The van der Waals surface area contributed by atoms with Crippen molar-refractivity contribution in [2.45, 2.75) is 0 Å². The second-order valence-electron chi connectivity index (χ2n) is 6.42. The van der Waals surface area contributed by atoms with Crippen molar-refractivity contribution >= 4 is 11.4 Å². The normalized spacial score (nSPS) is 15.2. The average Bonchev–Trinajstić information content (AvgIpc) is 3.37. The van der Waals surface area contributed by atoms with Crippen molar-refractivity contribution in [2.75, 3.05) is 37.0 Å². The van der Waals surface area contributed by atoms with Crippen LogP contribution in [0.2, 0.25) is 0 Å². The second kappa shape index (κ2) is 10.6. The van der Waals surface area contributed by atoms with Crippen molar-refractivity contribution in [3.63, 3.8) is 0 Å². The Morgan fingerprint density at radius 3 is 1.90 bits per heavy atom. The average molecular weight is 561 g/mol. The van der Waals surface area contributed by atoms with Gasteiger partial charge in [-0.1, -0.05) is 11.1 Å². The van der Waals surface area contributed by atoms with Gasteiger partial charge in [0.2, 0.25) is 0 Å². The largest absolute Gasteiger partial charge is 0.528 e. The maximum absolute atomic E-state index is 8.64. The molecule has 6 nitrogen and oxygen atoms in total. The Kier molecular flexibility index (Phi) is 8.24. The van der Waals surface area contributed by atoms with E-state index < -0.39 is 0 Å². The molecule has 1 fully saturated rings. The van der Waals surface area contributed by atoms with Crippen molar-refractivity contribution in [3.8, 4) is 12.1 Å². The van der Waals surface area contributed by atoms with Crippen LogP contribution in [-0.4, -0.2) is 37.0 Å². The number of hydrogen-bond donors (Lipinski definition) is 0. The Labute approximate surface area is 186 Å². The van der Waals surface area contributed by atoms with E-state index in [1.54, 1.807) is 18.2 Å². The van der Waals surface area contributed by atoms with Crippen LogP contribution in [0.3, 0.4) is 0 Å². The molecule has 1 saturated heterocycles. The van der Waals surface area contributed by atoms with E-state index in [9.17, 15) is 0 Å². The van der Waals surface area contributed by atoms with Crippen molar-refractivity contribution in [2.24, 2.45) is 0 Å². The van der Waals surface area contributed by atoms with Gasteiger partial charge in [-0.25, -0.2) is 10.5 Å². The zero-order valence-electron chi connectivity index (χ0n) is 16.2. The van der Waals surface area contributed by atoms with Crippen LogP contribution in [0.1, 0.15) is 11.1 Å². The molecule has 2 aliphatic rings. The quantitative estimate of drug-likeness (QED) is 0.527. The third-order valence-electron chi connectivity index (χ3n) is 4.24. The molecule has 0 spiro atoms. The summed E-state index contributed by atoms with van der Waals surface area (Å²) in [6, 6.07) is 21.1. The van der Waals surface area contributed by atoms with Crippen LogP contribution in [-0.2, 0) is 20.1 Å². The zero-order valence-corrected chi connectivity index (χ0v) is 18.6. The van der Waals surface area contributed by atoms with Gasteiger partial charge in [-0.05, 0) is 39.6 Å². The van der Waals surface area contributed by atoms with E-state index in [0.717, 1.165) is 24.5 Å². The summed E-state index contributed by atoms with van der Waals surface area (Å²) >= 11 is 0. The minimum Gasteiger partial charge on any atom is -0.528 e. The van der Waals surface area contributed by atoms with Crippen LogP contribution >= 0.6 is 0 Å². The Hall–Kier alpha value is -2.83. The first-order valence-corrected chi connectivity index (χ1v) is 8.78. The molecule has 1 radical (unpaired) electrons. The van der Waals surface area contributed by atoms with Gasteiger partial charge in [0.1, 0.15) is 0 Å². The topological polar surface area (TPSA) is 60.5 Å². The summed E-state index contributed by atoms with van der Waals surface area (Å²) in [6.45, 7) is 6.02. The van der Waals surface area contributed by atoms with Crippen molar-refractivity contribution < 1.29 is 20.1 Å². The fourth-order valence-corrected chi connectivity index (χ4v) is 2.71. The number of likely N-dealkylation sites (N-methyl/N-ethyl adjacent to an activating group) is 1. The molecule has 2 heterocycles. The number of nitriles is 2. The van der Waals surface area contributed by atoms with Crippen LogP contribution in [0.25, 0.3) is 0 Å². The molecule has 2 aromatic rings. The van der Waals surface area contributed by atoms with E-state index in [4.69, 9.17) is 10.5 Å². The van der Waals surface area contributed by atoms with Gasteiger partial charge in [0.05, 0.1) is 0 Å². The van der Waals surface area contributed by atoms with Crippen LogP contribution in [0.5, 0.6) is 0 Å². The van der Waals surface area contributed by atoms with Crippen molar-refractivity contribution in [1.82, 2.24) is 9.80 Å². The number of rotatable bonds is 2. The van der Waals surface area contributed by atoms with Crippen LogP contribution in [0.15, 0.2) is 48.8 Å². The fourth-order valence-electron chi connectivity index (χ4n) is 2.71. The molecule has 29 heavy (non-hydrogen) atoms. The van der Waals surface area contributed by atoms with Gasteiger partial charge >= 0.3 is 0 Å². The third kappa shape index (κ3) is 6.07. The first kappa shape index (κ1) is 22.5. The minimum absolute atomic E-state index is 0. The summed E-state index contributed by atoms with van der Waals surface area (Å²) in [5.41, 5.74) is 3.24. The van der Waals surface area contributed by atoms with E-state index in [0.29, 0.717) is 11.1 Å². The Bertz CT molecular complexity index is 895. The number of anilines is 2. The number of nitrogens with zero attached hydrogens (tertiary/aromatic N) is 6.